The lowest BCUT2D eigenvalue weighted by Crippen LogP contribution is -2.39. The van der Waals surface area contributed by atoms with Gasteiger partial charge >= 0.3 is 0 Å². The van der Waals surface area contributed by atoms with E-state index in [4.69, 9.17) is 14.2 Å². The summed E-state index contributed by atoms with van der Waals surface area (Å²) in [6.07, 6.45) is 0.0615. The molecular weight excluding hydrogens is 440 g/mol. The molecule has 1 aromatic heterocycles. The molecule has 2 amide bonds. The number of thiophene rings is 1. The van der Waals surface area contributed by atoms with Gasteiger partial charge in [-0.05, 0) is 60.7 Å². The van der Waals surface area contributed by atoms with Gasteiger partial charge in [-0.15, -0.1) is 11.3 Å². The summed E-state index contributed by atoms with van der Waals surface area (Å²) >= 11 is 1.39. The monoisotopic (exact) mass is 466 g/mol. The van der Waals surface area contributed by atoms with Crippen LogP contribution in [0.5, 0.6) is 17.2 Å². The quantitative estimate of drug-likeness (QED) is 0.560. The molecule has 4 rings (SSSR count). The van der Waals surface area contributed by atoms with Gasteiger partial charge in [-0.25, -0.2) is 0 Å². The number of carbonyl (C=O) groups excluding carboxylic acids is 2. The smallest absolute Gasteiger partial charge is 0.265 e. The van der Waals surface area contributed by atoms with Crippen molar-refractivity contribution in [3.05, 3.63) is 69.9 Å². The lowest BCUT2D eigenvalue weighted by atomic mass is 10.1. The van der Waals surface area contributed by atoms with Crippen LogP contribution >= 0.6 is 11.3 Å². The summed E-state index contributed by atoms with van der Waals surface area (Å²) in [4.78, 5) is 27.8. The maximum absolute atomic E-state index is 13.0. The van der Waals surface area contributed by atoms with Crippen molar-refractivity contribution in [3.8, 4) is 17.2 Å². The number of nitrogens with one attached hydrogen (secondary N) is 1. The largest absolute Gasteiger partial charge is 0.493 e. The van der Waals surface area contributed by atoms with E-state index in [2.05, 4.69) is 5.32 Å². The zero-order chi connectivity index (χ0) is 23.4. The highest BCUT2D eigenvalue weighted by atomic mass is 32.1. The van der Waals surface area contributed by atoms with Crippen LogP contribution < -0.4 is 19.5 Å². The van der Waals surface area contributed by atoms with Gasteiger partial charge in [0.25, 0.3) is 11.8 Å². The molecule has 1 aliphatic rings. The molecule has 1 atom stereocenters. The molecule has 1 aliphatic heterocycles. The second kappa shape index (κ2) is 9.95. The van der Waals surface area contributed by atoms with Crippen LogP contribution in [0.4, 0.5) is 5.69 Å². The minimum absolute atomic E-state index is 0.0733. The number of ether oxygens (including phenoxy) is 3. The minimum atomic E-state index is -0.594. The SMILES string of the molecule is COc1ccc(CCN2Cc3cc(NC(=O)c4cccs4)ccc3OC(C)C2=O)cc1OC. The van der Waals surface area contributed by atoms with Crippen LogP contribution in [0.1, 0.15) is 27.7 Å². The second-order valence-corrected chi connectivity index (χ2v) is 8.66. The Morgan fingerprint density at radius 1 is 1.15 bits per heavy atom. The molecule has 0 aliphatic carbocycles. The van der Waals surface area contributed by atoms with Gasteiger partial charge in [-0.3, -0.25) is 9.59 Å². The molecule has 8 heteroatoms. The summed E-state index contributed by atoms with van der Waals surface area (Å²) in [6, 6.07) is 14.8. The fraction of sp³-hybridized carbons (Fsp3) is 0.280. The molecular formula is C25H26N2O5S. The molecule has 0 spiro atoms. The van der Waals surface area contributed by atoms with E-state index in [-0.39, 0.29) is 11.8 Å². The Balaban J connectivity index is 1.50. The number of rotatable bonds is 7. The van der Waals surface area contributed by atoms with E-state index >= 15 is 0 Å². The molecule has 0 fully saturated rings. The predicted octanol–water partition coefficient (Wildman–Crippen LogP) is 4.37. The van der Waals surface area contributed by atoms with Crippen molar-refractivity contribution in [2.24, 2.45) is 0 Å². The van der Waals surface area contributed by atoms with E-state index in [0.717, 1.165) is 11.1 Å². The third kappa shape index (κ3) is 5.12. The van der Waals surface area contributed by atoms with E-state index in [1.54, 1.807) is 44.2 Å². The van der Waals surface area contributed by atoms with Crippen LogP contribution in [0.3, 0.4) is 0 Å². The van der Waals surface area contributed by atoms with Gasteiger partial charge in [0.2, 0.25) is 0 Å². The number of hydrogen-bond acceptors (Lipinski definition) is 6. The highest BCUT2D eigenvalue weighted by Gasteiger charge is 2.28. The van der Waals surface area contributed by atoms with Crippen molar-refractivity contribution in [3.63, 3.8) is 0 Å². The molecule has 1 N–H and O–H groups in total. The zero-order valence-corrected chi connectivity index (χ0v) is 19.6. The second-order valence-electron chi connectivity index (χ2n) is 7.71. The fourth-order valence-corrected chi connectivity index (χ4v) is 4.39. The van der Waals surface area contributed by atoms with Crippen LogP contribution in [0.15, 0.2) is 53.9 Å². The Kier molecular flexibility index (Phi) is 6.84. The molecule has 172 valence electrons. The van der Waals surface area contributed by atoms with Gasteiger partial charge < -0.3 is 24.4 Å². The van der Waals surface area contributed by atoms with Gasteiger partial charge in [0.15, 0.2) is 17.6 Å². The topological polar surface area (TPSA) is 77.1 Å². The van der Waals surface area contributed by atoms with Crippen molar-refractivity contribution in [2.45, 2.75) is 26.0 Å². The van der Waals surface area contributed by atoms with Crippen LogP contribution in [0.2, 0.25) is 0 Å². The molecule has 7 nitrogen and oxygen atoms in total. The average molecular weight is 467 g/mol. The van der Waals surface area contributed by atoms with Gasteiger partial charge in [0.1, 0.15) is 5.75 Å². The van der Waals surface area contributed by atoms with Crippen molar-refractivity contribution < 1.29 is 23.8 Å². The highest BCUT2D eigenvalue weighted by Crippen LogP contribution is 2.30. The zero-order valence-electron chi connectivity index (χ0n) is 18.8. The van der Waals surface area contributed by atoms with E-state index in [9.17, 15) is 9.59 Å². The van der Waals surface area contributed by atoms with Crippen LogP contribution in [0.25, 0.3) is 0 Å². The van der Waals surface area contributed by atoms with Crippen molar-refractivity contribution in [2.75, 3.05) is 26.1 Å². The number of anilines is 1. The molecule has 3 aromatic rings. The van der Waals surface area contributed by atoms with E-state index in [1.807, 2.05) is 35.7 Å². The number of hydrogen-bond donors (Lipinski definition) is 1. The molecule has 0 saturated heterocycles. The first-order valence-corrected chi connectivity index (χ1v) is 11.5. The summed E-state index contributed by atoms with van der Waals surface area (Å²) in [5.41, 5.74) is 2.55. The molecule has 2 heterocycles. The van der Waals surface area contributed by atoms with Crippen LogP contribution in [0, 0.1) is 0 Å². The predicted molar refractivity (Wildman–Crippen MR) is 127 cm³/mol. The molecule has 1 unspecified atom stereocenters. The number of fused-ring (bicyclic) bond motifs is 1. The number of carbonyl (C=O) groups is 2. The van der Waals surface area contributed by atoms with E-state index < -0.39 is 6.10 Å². The number of benzene rings is 2. The maximum Gasteiger partial charge on any atom is 0.265 e. The van der Waals surface area contributed by atoms with Gasteiger partial charge in [-0.2, -0.15) is 0 Å². The third-order valence-electron chi connectivity index (χ3n) is 5.51. The number of amides is 2. The minimum Gasteiger partial charge on any atom is -0.493 e. The summed E-state index contributed by atoms with van der Waals surface area (Å²) in [5, 5.41) is 4.78. The average Bonchev–Trinajstić information content (AvgIpc) is 3.34. The summed E-state index contributed by atoms with van der Waals surface area (Å²) in [5.74, 6) is 1.74. The van der Waals surface area contributed by atoms with Crippen LogP contribution in [-0.2, 0) is 17.8 Å². The van der Waals surface area contributed by atoms with Crippen molar-refractivity contribution in [1.82, 2.24) is 4.90 Å². The molecule has 0 saturated carbocycles. The number of nitrogens with zero attached hydrogens (tertiary/aromatic N) is 1. The van der Waals surface area contributed by atoms with E-state index in [0.29, 0.717) is 47.3 Å². The first-order chi connectivity index (χ1) is 16.0. The van der Waals surface area contributed by atoms with E-state index in [1.165, 1.54) is 11.3 Å². The lowest BCUT2D eigenvalue weighted by molar-refractivity contribution is -0.137. The van der Waals surface area contributed by atoms with Gasteiger partial charge in [0, 0.05) is 24.3 Å². The Hall–Kier alpha value is -3.52. The summed E-state index contributed by atoms with van der Waals surface area (Å²) in [6.45, 7) is 2.68. The standard InChI is InChI=1S/C25H26N2O5S/c1-16-25(29)27(11-10-17-6-8-21(30-2)22(13-17)31-3)15-18-14-19(7-9-20(18)32-16)26-24(28)23-5-4-12-33-23/h4-9,12-14,16H,10-11,15H2,1-3H3,(H,26,28). The maximum atomic E-state index is 13.0. The van der Waals surface area contributed by atoms with Gasteiger partial charge in [0.05, 0.1) is 19.1 Å². The Labute approximate surface area is 196 Å². The molecule has 2 aromatic carbocycles. The summed E-state index contributed by atoms with van der Waals surface area (Å²) < 4.78 is 16.6. The van der Waals surface area contributed by atoms with Crippen LogP contribution in [-0.4, -0.2) is 43.6 Å². The fourth-order valence-electron chi connectivity index (χ4n) is 3.77. The number of methoxy groups -OCH3 is 2. The Morgan fingerprint density at radius 2 is 1.97 bits per heavy atom. The third-order valence-corrected chi connectivity index (χ3v) is 6.37. The molecule has 0 radical (unpaired) electrons. The molecule has 33 heavy (non-hydrogen) atoms. The van der Waals surface area contributed by atoms with Gasteiger partial charge in [-0.1, -0.05) is 12.1 Å². The Bertz CT molecular complexity index is 1150. The first-order valence-electron chi connectivity index (χ1n) is 10.6. The summed E-state index contributed by atoms with van der Waals surface area (Å²) in [7, 11) is 3.20. The van der Waals surface area contributed by atoms with Crippen molar-refractivity contribution in [1.29, 1.82) is 0 Å². The lowest BCUT2D eigenvalue weighted by Gasteiger charge is -2.22. The molecule has 0 bridgehead atoms. The normalized spacial score (nSPS) is 15.3. The Morgan fingerprint density at radius 3 is 2.70 bits per heavy atom. The van der Waals surface area contributed by atoms with Crippen molar-refractivity contribution >= 4 is 28.8 Å². The highest BCUT2D eigenvalue weighted by molar-refractivity contribution is 7.12. The first kappa shape index (κ1) is 22.7.